The summed E-state index contributed by atoms with van der Waals surface area (Å²) in [6, 6.07) is 8.38. The van der Waals surface area contributed by atoms with Gasteiger partial charge in [-0.25, -0.2) is 0 Å². The van der Waals surface area contributed by atoms with E-state index in [-0.39, 0.29) is 0 Å². The van der Waals surface area contributed by atoms with Crippen molar-refractivity contribution in [3.8, 4) is 0 Å². The summed E-state index contributed by atoms with van der Waals surface area (Å²) in [4.78, 5) is 0. The third-order valence-corrected chi connectivity index (χ3v) is 4.90. The quantitative estimate of drug-likeness (QED) is 0.793. The second kappa shape index (κ2) is 5.34. The summed E-state index contributed by atoms with van der Waals surface area (Å²) in [7, 11) is 0. The number of thiophene rings is 1. The zero-order valence-electron chi connectivity index (χ0n) is 8.76. The molecule has 0 saturated heterocycles. The third kappa shape index (κ3) is 2.87. The Labute approximate surface area is 116 Å². The molecule has 0 atom stereocenters. The maximum absolute atomic E-state index is 3.59. The van der Waals surface area contributed by atoms with Crippen LogP contribution in [0.1, 0.15) is 11.1 Å². The van der Waals surface area contributed by atoms with Gasteiger partial charge in [-0.15, -0.1) is 11.3 Å². The first kappa shape index (κ1) is 12.1. The lowest BCUT2D eigenvalue weighted by Crippen LogP contribution is -1.99. The molecule has 0 amide bonds. The Morgan fingerprint density at radius 2 is 2.12 bits per heavy atom. The molecule has 0 bridgehead atoms. The van der Waals surface area contributed by atoms with Crippen LogP contribution < -0.4 is 5.32 Å². The molecule has 0 aliphatic heterocycles. The fourth-order valence-electron chi connectivity index (χ4n) is 1.42. The molecule has 0 saturated carbocycles. The van der Waals surface area contributed by atoms with Gasteiger partial charge >= 0.3 is 0 Å². The summed E-state index contributed by atoms with van der Waals surface area (Å²) in [5, 5.41) is 5.58. The van der Waals surface area contributed by atoms with E-state index in [9.17, 15) is 0 Å². The number of hydrogen-bond donors (Lipinski definition) is 1. The van der Waals surface area contributed by atoms with Crippen molar-refractivity contribution in [3.63, 3.8) is 0 Å². The standard InChI is InChI=1S/C12H11Br2NS/c1-8-3-2-4-10(12(8)14)15-6-9-5-11(13)16-7-9/h2-5,7,15H,6H2,1H3. The van der Waals surface area contributed by atoms with E-state index < -0.39 is 0 Å². The van der Waals surface area contributed by atoms with Crippen LogP contribution in [0.25, 0.3) is 0 Å². The number of anilines is 1. The van der Waals surface area contributed by atoms with Gasteiger partial charge < -0.3 is 5.32 Å². The molecule has 0 spiro atoms. The van der Waals surface area contributed by atoms with Gasteiger partial charge in [0, 0.05) is 16.7 Å². The Bertz CT molecular complexity index is 494. The third-order valence-electron chi connectivity index (χ3n) is 2.30. The first-order valence-electron chi connectivity index (χ1n) is 4.88. The molecule has 1 N–H and O–H groups in total. The summed E-state index contributed by atoms with van der Waals surface area (Å²) in [5.41, 5.74) is 3.68. The largest absolute Gasteiger partial charge is 0.380 e. The Kier molecular flexibility index (Phi) is 4.05. The number of hydrogen-bond acceptors (Lipinski definition) is 2. The number of aryl methyl sites for hydroxylation is 1. The van der Waals surface area contributed by atoms with Crippen LogP contribution in [-0.2, 0) is 6.54 Å². The molecule has 0 aliphatic carbocycles. The van der Waals surface area contributed by atoms with Crippen molar-refractivity contribution in [3.05, 3.63) is 49.0 Å². The highest BCUT2D eigenvalue weighted by molar-refractivity contribution is 9.11. The fourth-order valence-corrected chi connectivity index (χ4v) is 3.03. The molecule has 1 aromatic carbocycles. The van der Waals surface area contributed by atoms with Gasteiger partial charge in [0.05, 0.1) is 3.79 Å². The zero-order valence-corrected chi connectivity index (χ0v) is 12.7. The van der Waals surface area contributed by atoms with Crippen molar-refractivity contribution in [1.82, 2.24) is 0 Å². The highest BCUT2D eigenvalue weighted by atomic mass is 79.9. The number of benzene rings is 1. The van der Waals surface area contributed by atoms with Gasteiger partial charge in [0.2, 0.25) is 0 Å². The summed E-state index contributed by atoms with van der Waals surface area (Å²) < 4.78 is 2.32. The van der Waals surface area contributed by atoms with Gasteiger partial charge in [-0.3, -0.25) is 0 Å². The Hall–Kier alpha value is -0.320. The normalized spacial score (nSPS) is 10.4. The molecular weight excluding hydrogens is 350 g/mol. The van der Waals surface area contributed by atoms with Crippen molar-refractivity contribution >= 4 is 48.9 Å². The molecule has 4 heteroatoms. The van der Waals surface area contributed by atoms with Gasteiger partial charge in [0.1, 0.15) is 0 Å². The summed E-state index contributed by atoms with van der Waals surface area (Å²) in [6.45, 7) is 2.95. The Morgan fingerprint density at radius 3 is 2.81 bits per heavy atom. The molecule has 0 unspecified atom stereocenters. The minimum absolute atomic E-state index is 0.851. The van der Waals surface area contributed by atoms with Gasteiger partial charge in [-0.05, 0) is 67.4 Å². The molecular formula is C12H11Br2NS. The molecule has 16 heavy (non-hydrogen) atoms. The van der Waals surface area contributed by atoms with Gasteiger partial charge in [-0.1, -0.05) is 12.1 Å². The first-order chi connectivity index (χ1) is 7.66. The van der Waals surface area contributed by atoms with E-state index in [2.05, 4.69) is 73.7 Å². The molecule has 0 radical (unpaired) electrons. The van der Waals surface area contributed by atoms with Crippen LogP contribution in [0.15, 0.2) is 37.9 Å². The number of nitrogens with one attached hydrogen (secondary N) is 1. The minimum atomic E-state index is 0.851. The van der Waals surface area contributed by atoms with E-state index in [0.29, 0.717) is 0 Å². The minimum Gasteiger partial charge on any atom is -0.380 e. The van der Waals surface area contributed by atoms with Crippen LogP contribution in [-0.4, -0.2) is 0 Å². The van der Waals surface area contributed by atoms with E-state index in [1.165, 1.54) is 14.9 Å². The molecule has 1 heterocycles. The maximum Gasteiger partial charge on any atom is 0.0701 e. The Morgan fingerprint density at radius 1 is 1.31 bits per heavy atom. The average molecular weight is 361 g/mol. The first-order valence-corrected chi connectivity index (χ1v) is 7.35. The number of rotatable bonds is 3. The molecule has 1 nitrogen and oxygen atoms in total. The van der Waals surface area contributed by atoms with Gasteiger partial charge in [-0.2, -0.15) is 0 Å². The second-order valence-corrected chi connectivity index (χ2v) is 6.63. The molecule has 0 fully saturated rings. The average Bonchev–Trinajstić information content (AvgIpc) is 2.67. The number of halogens is 2. The lowest BCUT2D eigenvalue weighted by molar-refractivity contribution is 1.15. The van der Waals surface area contributed by atoms with Crippen molar-refractivity contribution in [2.75, 3.05) is 5.32 Å². The van der Waals surface area contributed by atoms with Crippen LogP contribution in [0.3, 0.4) is 0 Å². The lowest BCUT2D eigenvalue weighted by Gasteiger charge is -2.09. The van der Waals surface area contributed by atoms with Crippen LogP contribution in [0.2, 0.25) is 0 Å². The van der Waals surface area contributed by atoms with Crippen LogP contribution in [0.5, 0.6) is 0 Å². The zero-order chi connectivity index (χ0) is 11.5. The van der Waals surface area contributed by atoms with E-state index >= 15 is 0 Å². The molecule has 84 valence electrons. The lowest BCUT2D eigenvalue weighted by atomic mass is 10.2. The highest BCUT2D eigenvalue weighted by Crippen LogP contribution is 2.27. The topological polar surface area (TPSA) is 12.0 Å². The maximum atomic E-state index is 3.59. The molecule has 2 rings (SSSR count). The molecule has 1 aromatic heterocycles. The highest BCUT2D eigenvalue weighted by Gasteiger charge is 2.02. The van der Waals surface area contributed by atoms with Crippen molar-refractivity contribution in [1.29, 1.82) is 0 Å². The Balaban J connectivity index is 2.07. The van der Waals surface area contributed by atoms with E-state index in [4.69, 9.17) is 0 Å². The van der Waals surface area contributed by atoms with Crippen LogP contribution in [0.4, 0.5) is 5.69 Å². The smallest absolute Gasteiger partial charge is 0.0701 e. The monoisotopic (exact) mass is 359 g/mol. The molecule has 2 aromatic rings. The SMILES string of the molecule is Cc1cccc(NCc2csc(Br)c2)c1Br. The molecule has 0 aliphatic rings. The van der Waals surface area contributed by atoms with E-state index in [1.807, 2.05) is 0 Å². The van der Waals surface area contributed by atoms with Crippen molar-refractivity contribution in [2.45, 2.75) is 13.5 Å². The van der Waals surface area contributed by atoms with E-state index in [0.717, 1.165) is 16.7 Å². The summed E-state index contributed by atoms with van der Waals surface area (Å²) >= 11 is 8.77. The predicted octanol–water partition coefficient (Wildman–Crippen LogP) is 5.19. The summed E-state index contributed by atoms with van der Waals surface area (Å²) in [6.07, 6.45) is 0. The predicted molar refractivity (Wildman–Crippen MR) is 78.2 cm³/mol. The van der Waals surface area contributed by atoms with E-state index in [1.54, 1.807) is 11.3 Å². The van der Waals surface area contributed by atoms with Crippen molar-refractivity contribution < 1.29 is 0 Å². The fraction of sp³-hybridized carbons (Fsp3) is 0.167. The van der Waals surface area contributed by atoms with Gasteiger partial charge in [0.15, 0.2) is 0 Å². The van der Waals surface area contributed by atoms with Crippen molar-refractivity contribution in [2.24, 2.45) is 0 Å². The van der Waals surface area contributed by atoms with Crippen LogP contribution in [0, 0.1) is 6.92 Å². The van der Waals surface area contributed by atoms with Crippen LogP contribution >= 0.6 is 43.2 Å². The summed E-state index contributed by atoms with van der Waals surface area (Å²) in [5.74, 6) is 0. The van der Waals surface area contributed by atoms with Gasteiger partial charge in [0.25, 0.3) is 0 Å². The second-order valence-electron chi connectivity index (χ2n) is 3.55.